The number of rotatable bonds is 12. The Kier molecular flexibility index (Phi) is 10.1. The predicted molar refractivity (Wildman–Crippen MR) is 128 cm³/mol. The van der Waals surface area contributed by atoms with E-state index in [9.17, 15) is 9.90 Å². The van der Waals surface area contributed by atoms with Crippen LogP contribution >= 0.6 is 12.0 Å². The molecule has 0 aliphatic carbocycles. The zero-order valence-corrected chi connectivity index (χ0v) is 20.3. The molecule has 0 fully saturated rings. The smallest absolute Gasteiger partial charge is 0.322 e. The molecule has 0 aliphatic heterocycles. The molecule has 0 saturated heterocycles. The van der Waals surface area contributed by atoms with E-state index in [1.807, 2.05) is 48.5 Å². The summed E-state index contributed by atoms with van der Waals surface area (Å²) in [6.45, 7) is 9.74. The largest absolute Gasteiger partial charge is 0.396 e. The maximum atomic E-state index is 13.2. The molecule has 4 nitrogen and oxygen atoms in total. The van der Waals surface area contributed by atoms with E-state index in [0.717, 1.165) is 23.0 Å². The first kappa shape index (κ1) is 24.7. The highest BCUT2D eigenvalue weighted by atomic mass is 32.2. The van der Waals surface area contributed by atoms with E-state index in [4.69, 9.17) is 4.18 Å². The minimum Gasteiger partial charge on any atom is -0.396 e. The van der Waals surface area contributed by atoms with Crippen molar-refractivity contribution in [3.05, 3.63) is 66.2 Å². The summed E-state index contributed by atoms with van der Waals surface area (Å²) in [5, 5.41) is 13.2. The van der Waals surface area contributed by atoms with E-state index in [1.54, 1.807) is 0 Å². The Morgan fingerprint density at radius 2 is 1.67 bits per heavy atom. The molecule has 2 aromatic carbocycles. The van der Waals surface area contributed by atoms with Gasteiger partial charge in [-0.2, -0.15) is 0 Å². The zero-order chi connectivity index (χ0) is 22.0. The van der Waals surface area contributed by atoms with Gasteiger partial charge in [-0.05, 0) is 36.1 Å². The zero-order valence-electron chi connectivity index (χ0n) is 18.5. The van der Waals surface area contributed by atoms with Crippen molar-refractivity contribution < 1.29 is 14.1 Å². The molecule has 0 aliphatic rings. The monoisotopic (exact) mass is 445 g/mol. The molecule has 0 saturated carbocycles. The summed E-state index contributed by atoms with van der Waals surface area (Å²) >= 11 is 1.13. The summed E-state index contributed by atoms with van der Waals surface area (Å²) in [5.74, 6) is -0.283. The van der Waals surface area contributed by atoms with Gasteiger partial charge in [-0.25, -0.2) is 0 Å². The van der Waals surface area contributed by atoms with Crippen LogP contribution in [-0.4, -0.2) is 31.8 Å². The van der Waals surface area contributed by atoms with Crippen LogP contribution in [0.15, 0.2) is 65.6 Å². The number of nitrogens with one attached hydrogen (secondary N) is 1. The second kappa shape index (κ2) is 12.3. The molecular weight excluding hydrogens is 410 g/mol. The van der Waals surface area contributed by atoms with Crippen molar-refractivity contribution in [1.82, 2.24) is 5.32 Å². The Bertz CT molecular complexity index is 752. The molecule has 0 radical (unpaired) electrons. The van der Waals surface area contributed by atoms with Crippen molar-refractivity contribution in [1.29, 1.82) is 0 Å². The molecule has 164 valence electrons. The summed E-state index contributed by atoms with van der Waals surface area (Å²) in [4.78, 5) is 14.1. The summed E-state index contributed by atoms with van der Waals surface area (Å²) in [7, 11) is -1.54. The summed E-state index contributed by atoms with van der Waals surface area (Å²) in [6, 6.07) is 20.7. The van der Waals surface area contributed by atoms with E-state index >= 15 is 0 Å². The SMILES string of the molecule is CC(CCO)C(NCc1ccccc1)C(C[Si](C)(C)C)C(=O)OSc1ccccc1. The van der Waals surface area contributed by atoms with Gasteiger partial charge in [0, 0.05) is 32.2 Å². The van der Waals surface area contributed by atoms with Gasteiger partial charge in [0.05, 0.1) is 18.0 Å². The molecule has 2 N–H and O–H groups in total. The summed E-state index contributed by atoms with van der Waals surface area (Å²) in [5.41, 5.74) is 1.18. The molecule has 0 bridgehead atoms. The number of aliphatic hydroxyl groups excluding tert-OH is 1. The number of benzene rings is 2. The van der Waals surface area contributed by atoms with Crippen molar-refractivity contribution in [3.63, 3.8) is 0 Å². The first-order chi connectivity index (χ1) is 14.3. The normalized spacial score (nSPS) is 14.7. The second-order valence-corrected chi connectivity index (χ2v) is 15.4. The molecular formula is C24H35NO3SSi. The van der Waals surface area contributed by atoms with Crippen molar-refractivity contribution in [2.75, 3.05) is 6.61 Å². The fourth-order valence-electron chi connectivity index (χ4n) is 3.60. The van der Waals surface area contributed by atoms with Crippen LogP contribution < -0.4 is 5.32 Å². The average molecular weight is 446 g/mol. The van der Waals surface area contributed by atoms with Crippen LogP contribution in [0.5, 0.6) is 0 Å². The van der Waals surface area contributed by atoms with Gasteiger partial charge in [0.1, 0.15) is 0 Å². The number of aliphatic hydroxyl groups is 1. The van der Waals surface area contributed by atoms with E-state index in [-0.39, 0.29) is 30.5 Å². The number of carbonyl (C=O) groups is 1. The Hall–Kier alpha value is -1.60. The Labute approximate surface area is 186 Å². The molecule has 3 unspecified atom stereocenters. The molecule has 0 aromatic heterocycles. The van der Waals surface area contributed by atoms with Crippen LogP contribution in [0.1, 0.15) is 18.9 Å². The molecule has 2 rings (SSSR count). The highest BCUT2D eigenvalue weighted by Gasteiger charge is 2.36. The van der Waals surface area contributed by atoms with Crippen molar-refractivity contribution >= 4 is 26.1 Å². The van der Waals surface area contributed by atoms with E-state index in [0.29, 0.717) is 13.0 Å². The number of carbonyl (C=O) groups excluding carboxylic acids is 1. The Balaban J connectivity index is 2.18. The lowest BCUT2D eigenvalue weighted by molar-refractivity contribution is -0.138. The van der Waals surface area contributed by atoms with Crippen LogP contribution in [0.2, 0.25) is 25.7 Å². The fraction of sp³-hybridized carbons (Fsp3) is 0.458. The van der Waals surface area contributed by atoms with E-state index < -0.39 is 8.07 Å². The third kappa shape index (κ3) is 8.64. The molecule has 2 aromatic rings. The Morgan fingerprint density at radius 3 is 2.23 bits per heavy atom. The first-order valence-electron chi connectivity index (χ1n) is 10.6. The lowest BCUT2D eigenvalue weighted by Gasteiger charge is -2.34. The maximum absolute atomic E-state index is 13.2. The topological polar surface area (TPSA) is 58.6 Å². The molecule has 6 heteroatoms. The quantitative estimate of drug-likeness (QED) is 0.340. The first-order valence-corrected chi connectivity index (χ1v) is 15.1. The minimum absolute atomic E-state index is 0.0621. The van der Waals surface area contributed by atoms with Crippen molar-refractivity contribution in [2.45, 2.75) is 56.5 Å². The van der Waals surface area contributed by atoms with Gasteiger partial charge in [-0.3, -0.25) is 4.79 Å². The molecule has 0 amide bonds. The van der Waals surface area contributed by atoms with Crippen LogP contribution in [0.3, 0.4) is 0 Å². The fourth-order valence-corrected chi connectivity index (χ4v) is 5.91. The van der Waals surface area contributed by atoms with Gasteiger partial charge in [0.25, 0.3) is 0 Å². The highest BCUT2D eigenvalue weighted by Crippen LogP contribution is 2.30. The van der Waals surface area contributed by atoms with Gasteiger partial charge in [-0.15, -0.1) is 0 Å². The average Bonchev–Trinajstić information content (AvgIpc) is 2.72. The summed E-state index contributed by atoms with van der Waals surface area (Å²) < 4.78 is 5.69. The number of hydrogen-bond donors (Lipinski definition) is 2. The van der Waals surface area contributed by atoms with Crippen molar-refractivity contribution in [2.24, 2.45) is 11.8 Å². The summed E-state index contributed by atoms with van der Waals surface area (Å²) in [6.07, 6.45) is 0.647. The van der Waals surface area contributed by atoms with Crippen LogP contribution in [-0.2, 0) is 15.5 Å². The molecule has 0 heterocycles. The van der Waals surface area contributed by atoms with Gasteiger partial charge < -0.3 is 14.6 Å². The Morgan fingerprint density at radius 1 is 1.07 bits per heavy atom. The van der Waals surface area contributed by atoms with E-state index in [1.165, 1.54) is 5.56 Å². The molecule has 0 spiro atoms. The highest BCUT2D eigenvalue weighted by molar-refractivity contribution is 7.95. The second-order valence-electron chi connectivity index (χ2n) is 9.05. The minimum atomic E-state index is -1.54. The lowest BCUT2D eigenvalue weighted by Crippen LogP contribution is -2.47. The third-order valence-corrected chi connectivity index (χ3v) is 7.49. The van der Waals surface area contributed by atoms with Gasteiger partial charge in [0.2, 0.25) is 0 Å². The van der Waals surface area contributed by atoms with Gasteiger partial charge >= 0.3 is 5.97 Å². The predicted octanol–water partition coefficient (Wildman–Crippen LogP) is 5.37. The lowest BCUT2D eigenvalue weighted by atomic mass is 9.88. The van der Waals surface area contributed by atoms with Gasteiger partial charge in [-0.1, -0.05) is 75.1 Å². The number of hydrogen-bond acceptors (Lipinski definition) is 5. The standard InChI is InChI=1S/C24H35NO3SSi/c1-19(15-16-26)23(25-17-20-11-7-5-8-12-20)22(18-30(2,3)4)24(27)28-29-21-13-9-6-10-14-21/h5-14,19,22-23,25-26H,15-18H2,1-4H3. The van der Waals surface area contributed by atoms with E-state index in [2.05, 4.69) is 44.0 Å². The van der Waals surface area contributed by atoms with Gasteiger partial charge in [0.15, 0.2) is 0 Å². The molecule has 3 atom stereocenters. The maximum Gasteiger partial charge on any atom is 0.322 e. The molecule has 30 heavy (non-hydrogen) atoms. The van der Waals surface area contributed by atoms with Crippen molar-refractivity contribution in [3.8, 4) is 0 Å². The third-order valence-electron chi connectivity index (χ3n) is 5.11. The van der Waals surface area contributed by atoms with Crippen LogP contribution in [0.25, 0.3) is 0 Å². The van der Waals surface area contributed by atoms with Crippen LogP contribution in [0, 0.1) is 11.8 Å². The van der Waals surface area contributed by atoms with Crippen LogP contribution in [0.4, 0.5) is 0 Å².